The highest BCUT2D eigenvalue weighted by molar-refractivity contribution is 6.42. The Kier molecular flexibility index (Phi) is 8.15. The van der Waals surface area contributed by atoms with Crippen LogP contribution in [0.1, 0.15) is 12.7 Å². The van der Waals surface area contributed by atoms with E-state index in [9.17, 15) is 5.11 Å². The summed E-state index contributed by atoms with van der Waals surface area (Å²) in [5, 5.41) is 18.2. The van der Waals surface area contributed by atoms with Crippen LogP contribution >= 0.6 is 23.2 Å². The summed E-state index contributed by atoms with van der Waals surface area (Å²) in [5.74, 6) is 1.89. The van der Waals surface area contributed by atoms with Gasteiger partial charge in [-0.05, 0) is 19.1 Å². The van der Waals surface area contributed by atoms with E-state index in [-0.39, 0.29) is 13.2 Å². The van der Waals surface area contributed by atoms with Crippen LogP contribution in [-0.2, 0) is 13.6 Å². The molecule has 1 aromatic heterocycles. The Morgan fingerprint density at radius 3 is 2.89 bits per heavy atom. The number of aryl methyl sites for hydroxylation is 1. The minimum absolute atomic E-state index is 0.0516. The Balaban J connectivity index is 1.92. The van der Waals surface area contributed by atoms with Crippen LogP contribution in [0.25, 0.3) is 0 Å². The average molecular weight is 415 g/mol. The molecule has 0 amide bonds. The second kappa shape index (κ2) is 10.3. The first-order valence-electron chi connectivity index (χ1n) is 8.49. The number of aliphatic hydroxyl groups excluding tert-OH is 1. The van der Waals surface area contributed by atoms with Crippen molar-refractivity contribution >= 4 is 29.2 Å². The third kappa shape index (κ3) is 6.27. The van der Waals surface area contributed by atoms with Gasteiger partial charge in [0.25, 0.3) is 0 Å². The maximum absolute atomic E-state index is 10.2. The van der Waals surface area contributed by atoms with Crippen molar-refractivity contribution in [3.63, 3.8) is 0 Å². The van der Waals surface area contributed by atoms with Crippen LogP contribution in [0.3, 0.4) is 0 Å². The van der Waals surface area contributed by atoms with E-state index >= 15 is 0 Å². The van der Waals surface area contributed by atoms with Crippen molar-refractivity contribution in [1.82, 2.24) is 25.0 Å². The maximum Gasteiger partial charge on any atom is 0.194 e. The summed E-state index contributed by atoms with van der Waals surface area (Å²) in [6.45, 7) is 3.44. The van der Waals surface area contributed by atoms with Crippen LogP contribution in [0.4, 0.5) is 0 Å². The molecule has 10 heteroatoms. The minimum atomic E-state index is -0.795. The molecule has 1 heterocycles. The lowest BCUT2D eigenvalue weighted by Crippen LogP contribution is -2.39. The number of halogens is 2. The zero-order chi connectivity index (χ0) is 19.8. The van der Waals surface area contributed by atoms with E-state index in [0.29, 0.717) is 34.8 Å². The first-order valence-corrected chi connectivity index (χ1v) is 9.25. The molecule has 0 spiro atoms. The molecule has 1 aromatic carbocycles. The van der Waals surface area contributed by atoms with Gasteiger partial charge in [0.1, 0.15) is 35.6 Å². The van der Waals surface area contributed by atoms with Crippen molar-refractivity contribution in [2.75, 3.05) is 26.7 Å². The average Bonchev–Trinajstić information content (AvgIpc) is 3.04. The van der Waals surface area contributed by atoms with E-state index in [0.717, 1.165) is 5.82 Å². The first-order chi connectivity index (χ1) is 12.9. The molecule has 2 N–H and O–H groups in total. The normalized spacial score (nSPS) is 12.7. The van der Waals surface area contributed by atoms with Crippen LogP contribution < -0.4 is 10.1 Å². The fourth-order valence-electron chi connectivity index (χ4n) is 2.25. The van der Waals surface area contributed by atoms with Gasteiger partial charge < -0.3 is 20.1 Å². The smallest absolute Gasteiger partial charge is 0.194 e. The van der Waals surface area contributed by atoms with Crippen LogP contribution in [0.15, 0.2) is 29.5 Å². The predicted molar refractivity (Wildman–Crippen MR) is 106 cm³/mol. The lowest BCUT2D eigenvalue weighted by atomic mass is 10.3. The van der Waals surface area contributed by atoms with Gasteiger partial charge >= 0.3 is 0 Å². The molecule has 27 heavy (non-hydrogen) atoms. The topological polar surface area (TPSA) is 87.8 Å². The van der Waals surface area contributed by atoms with E-state index in [4.69, 9.17) is 27.9 Å². The summed E-state index contributed by atoms with van der Waals surface area (Å²) < 4.78 is 7.25. The second-order valence-electron chi connectivity index (χ2n) is 5.87. The SMILES string of the molecule is CCNC(=NCC(O)COc1cccc(Cl)c1Cl)N(C)Cc1ncnn1C. The van der Waals surface area contributed by atoms with Gasteiger partial charge in [0.15, 0.2) is 5.96 Å². The van der Waals surface area contributed by atoms with E-state index < -0.39 is 6.10 Å². The first kappa shape index (κ1) is 21.3. The Bertz CT molecular complexity index is 768. The number of benzene rings is 1. The molecule has 0 aliphatic carbocycles. The second-order valence-corrected chi connectivity index (χ2v) is 6.65. The van der Waals surface area contributed by atoms with Gasteiger partial charge in [-0.2, -0.15) is 5.10 Å². The molecule has 148 valence electrons. The number of hydrogen-bond donors (Lipinski definition) is 2. The van der Waals surface area contributed by atoms with E-state index in [1.54, 1.807) is 22.9 Å². The number of aromatic nitrogens is 3. The maximum atomic E-state index is 10.2. The molecule has 2 aromatic rings. The molecule has 0 saturated carbocycles. The largest absolute Gasteiger partial charge is 0.489 e. The van der Waals surface area contributed by atoms with Crippen LogP contribution in [-0.4, -0.2) is 63.6 Å². The van der Waals surface area contributed by atoms with Crippen molar-refractivity contribution in [3.8, 4) is 5.75 Å². The van der Waals surface area contributed by atoms with Gasteiger partial charge in [-0.15, -0.1) is 0 Å². The summed E-state index contributed by atoms with van der Waals surface area (Å²) in [4.78, 5) is 10.6. The number of aliphatic hydroxyl groups is 1. The molecule has 0 saturated heterocycles. The van der Waals surface area contributed by atoms with E-state index in [1.165, 1.54) is 6.33 Å². The fourth-order valence-corrected chi connectivity index (χ4v) is 2.59. The number of guanidine groups is 1. The molecule has 8 nitrogen and oxygen atoms in total. The highest BCUT2D eigenvalue weighted by Crippen LogP contribution is 2.31. The van der Waals surface area contributed by atoms with E-state index in [2.05, 4.69) is 20.4 Å². The molecule has 2 rings (SSSR count). The third-order valence-electron chi connectivity index (χ3n) is 3.68. The summed E-state index contributed by atoms with van der Waals surface area (Å²) in [6, 6.07) is 5.11. The predicted octanol–water partition coefficient (Wildman–Crippen LogP) is 1.96. The number of aliphatic imine (C=N–C) groups is 1. The zero-order valence-corrected chi connectivity index (χ0v) is 17.1. The van der Waals surface area contributed by atoms with Crippen LogP contribution in [0, 0.1) is 0 Å². The number of hydrogen-bond acceptors (Lipinski definition) is 5. The molecule has 0 radical (unpaired) electrons. The van der Waals surface area contributed by atoms with Crippen molar-refractivity contribution < 1.29 is 9.84 Å². The number of nitrogens with zero attached hydrogens (tertiary/aromatic N) is 5. The monoisotopic (exact) mass is 414 g/mol. The van der Waals surface area contributed by atoms with Gasteiger partial charge in [-0.1, -0.05) is 29.3 Å². The molecular weight excluding hydrogens is 391 g/mol. The molecular formula is C17H24Cl2N6O2. The molecule has 0 fully saturated rings. The van der Waals surface area contributed by atoms with Gasteiger partial charge in [0, 0.05) is 20.6 Å². The molecule has 1 atom stereocenters. The molecule has 0 bridgehead atoms. The fraction of sp³-hybridized carbons (Fsp3) is 0.471. The van der Waals surface area contributed by atoms with Gasteiger partial charge in [0.05, 0.1) is 18.1 Å². The third-order valence-corrected chi connectivity index (χ3v) is 4.48. The van der Waals surface area contributed by atoms with Gasteiger partial charge in [0.2, 0.25) is 0 Å². The highest BCUT2D eigenvalue weighted by atomic mass is 35.5. The van der Waals surface area contributed by atoms with Crippen molar-refractivity contribution in [2.45, 2.75) is 19.6 Å². The lowest BCUT2D eigenvalue weighted by molar-refractivity contribution is 0.114. The van der Waals surface area contributed by atoms with E-state index in [1.807, 2.05) is 25.9 Å². The Hall–Kier alpha value is -2.03. The summed E-state index contributed by atoms with van der Waals surface area (Å²) in [6.07, 6.45) is 0.715. The summed E-state index contributed by atoms with van der Waals surface area (Å²) >= 11 is 12.0. The minimum Gasteiger partial charge on any atom is -0.489 e. The number of ether oxygens (including phenoxy) is 1. The van der Waals surface area contributed by atoms with Gasteiger partial charge in [-0.3, -0.25) is 9.67 Å². The highest BCUT2D eigenvalue weighted by Gasteiger charge is 2.12. The quantitative estimate of drug-likeness (QED) is 0.506. The zero-order valence-electron chi connectivity index (χ0n) is 15.6. The number of rotatable bonds is 8. The molecule has 1 unspecified atom stereocenters. The lowest BCUT2D eigenvalue weighted by Gasteiger charge is -2.22. The number of nitrogens with one attached hydrogen (secondary N) is 1. The Morgan fingerprint density at radius 1 is 1.44 bits per heavy atom. The van der Waals surface area contributed by atoms with Gasteiger partial charge in [-0.25, -0.2) is 4.98 Å². The molecule has 0 aliphatic heterocycles. The van der Waals surface area contributed by atoms with Crippen molar-refractivity contribution in [3.05, 3.63) is 40.4 Å². The standard InChI is InChI=1S/C17H24Cl2N6O2/c1-4-20-17(24(2)9-15-22-11-23-25(15)3)21-8-12(26)10-27-14-7-5-6-13(18)16(14)19/h5-7,11-12,26H,4,8-10H2,1-3H3,(H,20,21). The van der Waals surface area contributed by atoms with Crippen molar-refractivity contribution in [2.24, 2.45) is 12.0 Å². The summed E-state index contributed by atoms with van der Waals surface area (Å²) in [7, 11) is 3.73. The molecule has 0 aliphatic rings. The summed E-state index contributed by atoms with van der Waals surface area (Å²) in [5.41, 5.74) is 0. The Morgan fingerprint density at radius 2 is 2.22 bits per heavy atom. The van der Waals surface area contributed by atoms with Crippen LogP contribution in [0.5, 0.6) is 5.75 Å². The van der Waals surface area contributed by atoms with Crippen LogP contribution in [0.2, 0.25) is 10.0 Å². The Labute approximate surface area is 168 Å². The van der Waals surface area contributed by atoms with Crippen molar-refractivity contribution in [1.29, 1.82) is 0 Å².